The maximum absolute atomic E-state index is 13.3. The number of cyclic esters (lactones) is 1. The zero-order chi connectivity index (χ0) is 17.1. The van der Waals surface area contributed by atoms with Crippen LogP contribution in [0.3, 0.4) is 0 Å². The van der Waals surface area contributed by atoms with Crippen LogP contribution in [0.15, 0.2) is 36.4 Å². The molecule has 1 aliphatic heterocycles. The quantitative estimate of drug-likeness (QED) is 0.607. The molecule has 6 nitrogen and oxygen atoms in total. The first kappa shape index (κ1) is 17.9. The molecule has 0 aromatic heterocycles. The molecule has 0 aliphatic carbocycles. The smallest absolute Gasteiger partial charge is 0.370 e. The minimum atomic E-state index is -4.03. The van der Waals surface area contributed by atoms with Crippen molar-refractivity contribution in [3.63, 3.8) is 0 Å². The van der Waals surface area contributed by atoms with Gasteiger partial charge in [0.25, 0.3) is 0 Å². The highest BCUT2D eigenvalue weighted by Crippen LogP contribution is 2.66. The fraction of sp³-hybridized carbons (Fsp3) is 0.438. The number of benzene rings is 1. The average molecular weight is 340 g/mol. The summed E-state index contributed by atoms with van der Waals surface area (Å²) in [5.41, 5.74) is 1.17. The SMILES string of the molecule is CCOP(=O)(OCC)[C@](O)(c1cccc(C)c1)C1C=CC(=O)O1. The van der Waals surface area contributed by atoms with Crippen LogP contribution in [0.1, 0.15) is 25.0 Å². The van der Waals surface area contributed by atoms with Gasteiger partial charge in [0.15, 0.2) is 6.10 Å². The summed E-state index contributed by atoms with van der Waals surface area (Å²) in [5, 5.41) is 9.25. The molecule has 0 fully saturated rings. The van der Waals surface area contributed by atoms with Gasteiger partial charge in [0, 0.05) is 11.6 Å². The average Bonchev–Trinajstić information content (AvgIpc) is 2.93. The predicted molar refractivity (Wildman–Crippen MR) is 85.0 cm³/mol. The third-order valence-corrected chi connectivity index (χ3v) is 6.05. The van der Waals surface area contributed by atoms with Gasteiger partial charge >= 0.3 is 13.6 Å². The molecule has 0 saturated heterocycles. The monoisotopic (exact) mass is 340 g/mol. The van der Waals surface area contributed by atoms with Gasteiger partial charge in [-0.1, -0.05) is 29.8 Å². The van der Waals surface area contributed by atoms with E-state index in [1.807, 2.05) is 13.0 Å². The van der Waals surface area contributed by atoms with Crippen molar-refractivity contribution in [1.29, 1.82) is 0 Å². The van der Waals surface area contributed by atoms with E-state index in [0.29, 0.717) is 5.56 Å². The van der Waals surface area contributed by atoms with Crippen molar-refractivity contribution in [1.82, 2.24) is 0 Å². The van der Waals surface area contributed by atoms with Gasteiger partial charge in [-0.3, -0.25) is 4.57 Å². The molecule has 0 amide bonds. The fourth-order valence-electron chi connectivity index (χ4n) is 2.51. The summed E-state index contributed by atoms with van der Waals surface area (Å²) in [6.07, 6.45) is 1.41. The lowest BCUT2D eigenvalue weighted by Crippen LogP contribution is -2.40. The van der Waals surface area contributed by atoms with Crippen LogP contribution in [0.5, 0.6) is 0 Å². The number of carbonyl (C=O) groups is 1. The number of aliphatic hydroxyl groups is 1. The minimum absolute atomic E-state index is 0.0792. The van der Waals surface area contributed by atoms with Crippen LogP contribution in [-0.2, 0) is 28.5 Å². The third-order valence-electron chi connectivity index (χ3n) is 3.51. The van der Waals surface area contributed by atoms with E-state index in [9.17, 15) is 14.5 Å². The largest absolute Gasteiger partial charge is 0.451 e. The Kier molecular flexibility index (Phi) is 5.42. The molecule has 1 aliphatic rings. The van der Waals surface area contributed by atoms with E-state index in [4.69, 9.17) is 13.8 Å². The molecule has 0 radical (unpaired) electrons. The maximum atomic E-state index is 13.3. The number of esters is 1. The fourth-order valence-corrected chi connectivity index (χ4v) is 4.57. The zero-order valence-electron chi connectivity index (χ0n) is 13.4. The van der Waals surface area contributed by atoms with Crippen molar-refractivity contribution in [2.45, 2.75) is 32.2 Å². The molecule has 1 aromatic rings. The van der Waals surface area contributed by atoms with Crippen molar-refractivity contribution in [2.75, 3.05) is 13.2 Å². The van der Waals surface area contributed by atoms with Gasteiger partial charge in [-0.25, -0.2) is 4.79 Å². The summed E-state index contributed by atoms with van der Waals surface area (Å²) in [6, 6.07) is 6.84. The van der Waals surface area contributed by atoms with E-state index in [1.54, 1.807) is 32.0 Å². The maximum Gasteiger partial charge on any atom is 0.370 e. The second-order valence-electron chi connectivity index (χ2n) is 5.15. The van der Waals surface area contributed by atoms with E-state index < -0.39 is 25.0 Å². The van der Waals surface area contributed by atoms with E-state index in [1.165, 1.54) is 12.2 Å². The summed E-state index contributed by atoms with van der Waals surface area (Å²) in [6.45, 7) is 5.30. The van der Waals surface area contributed by atoms with E-state index in [-0.39, 0.29) is 13.2 Å². The van der Waals surface area contributed by atoms with Gasteiger partial charge in [-0.15, -0.1) is 0 Å². The van der Waals surface area contributed by atoms with Crippen LogP contribution >= 0.6 is 7.60 Å². The second kappa shape index (κ2) is 6.97. The number of carbonyl (C=O) groups excluding carboxylic acids is 1. The summed E-state index contributed by atoms with van der Waals surface area (Å²) in [4.78, 5) is 11.4. The molecule has 0 spiro atoms. The van der Waals surface area contributed by atoms with Crippen molar-refractivity contribution in [2.24, 2.45) is 0 Å². The van der Waals surface area contributed by atoms with Crippen LogP contribution in [0.4, 0.5) is 0 Å². The van der Waals surface area contributed by atoms with Gasteiger partial charge in [-0.05, 0) is 26.8 Å². The Balaban J connectivity index is 2.61. The summed E-state index contributed by atoms with van der Waals surface area (Å²) in [7, 11) is -4.03. The molecule has 126 valence electrons. The highest BCUT2D eigenvalue weighted by Gasteiger charge is 2.58. The molecular weight excluding hydrogens is 319 g/mol. The van der Waals surface area contributed by atoms with Crippen LogP contribution in [0.2, 0.25) is 0 Å². The summed E-state index contributed by atoms with van der Waals surface area (Å²) >= 11 is 0. The molecule has 0 bridgehead atoms. The number of hydrogen-bond acceptors (Lipinski definition) is 6. The third kappa shape index (κ3) is 3.26. The first-order valence-corrected chi connectivity index (χ1v) is 8.99. The molecule has 1 N–H and O–H groups in total. The van der Waals surface area contributed by atoms with E-state index in [2.05, 4.69) is 0 Å². The number of hydrogen-bond donors (Lipinski definition) is 1. The number of rotatable bonds is 7. The Labute approximate surface area is 135 Å². The molecule has 7 heteroatoms. The molecule has 1 heterocycles. The Morgan fingerprint density at radius 3 is 2.43 bits per heavy atom. The highest BCUT2D eigenvalue weighted by atomic mass is 31.2. The molecule has 1 unspecified atom stereocenters. The van der Waals surface area contributed by atoms with E-state index in [0.717, 1.165) is 5.56 Å². The first-order valence-electron chi connectivity index (χ1n) is 7.45. The Bertz CT molecular complexity index is 646. The topological polar surface area (TPSA) is 82.1 Å². The van der Waals surface area contributed by atoms with Crippen molar-refractivity contribution in [3.05, 3.63) is 47.5 Å². The van der Waals surface area contributed by atoms with Crippen LogP contribution in [-0.4, -0.2) is 30.4 Å². The summed E-state index contributed by atoms with van der Waals surface area (Å²) < 4.78 is 29.1. The van der Waals surface area contributed by atoms with E-state index >= 15 is 0 Å². The Morgan fingerprint density at radius 1 is 1.30 bits per heavy atom. The van der Waals surface area contributed by atoms with Gasteiger partial charge in [0.2, 0.25) is 5.34 Å². The van der Waals surface area contributed by atoms with Crippen molar-refractivity contribution < 1.29 is 28.3 Å². The summed E-state index contributed by atoms with van der Waals surface area (Å²) in [5.74, 6) is -0.611. The van der Waals surface area contributed by atoms with Crippen molar-refractivity contribution in [3.8, 4) is 0 Å². The minimum Gasteiger partial charge on any atom is -0.451 e. The molecular formula is C16H21O6P. The number of aryl methyl sites for hydroxylation is 1. The van der Waals surface area contributed by atoms with Gasteiger partial charge in [0.05, 0.1) is 13.2 Å². The molecule has 2 atom stereocenters. The van der Waals surface area contributed by atoms with Crippen LogP contribution < -0.4 is 0 Å². The zero-order valence-corrected chi connectivity index (χ0v) is 14.3. The van der Waals surface area contributed by atoms with Gasteiger partial charge in [0.1, 0.15) is 0 Å². The Morgan fingerprint density at radius 2 is 1.96 bits per heavy atom. The second-order valence-corrected chi connectivity index (χ2v) is 7.34. The Hall–Kier alpha value is -1.46. The first-order chi connectivity index (χ1) is 10.9. The molecule has 2 rings (SSSR count). The van der Waals surface area contributed by atoms with Crippen molar-refractivity contribution >= 4 is 13.6 Å². The molecule has 23 heavy (non-hydrogen) atoms. The predicted octanol–water partition coefficient (Wildman–Crippen LogP) is 2.89. The normalized spacial score (nSPS) is 20.3. The van der Waals surface area contributed by atoms with Gasteiger partial charge < -0.3 is 18.9 Å². The lowest BCUT2D eigenvalue weighted by Gasteiger charge is -2.37. The van der Waals surface area contributed by atoms with Crippen LogP contribution in [0.25, 0.3) is 0 Å². The lowest BCUT2D eigenvalue weighted by molar-refractivity contribution is -0.146. The molecule has 1 aromatic carbocycles. The van der Waals surface area contributed by atoms with Crippen LogP contribution in [0, 0.1) is 6.92 Å². The highest BCUT2D eigenvalue weighted by molar-refractivity contribution is 7.55. The van der Waals surface area contributed by atoms with Gasteiger partial charge in [-0.2, -0.15) is 0 Å². The standard InChI is InChI=1S/C16H21O6P/c1-4-20-23(19,21-5-2)16(18,14-9-10-15(17)22-14)13-8-6-7-12(3)11-13/h6-11,14,18H,4-5H2,1-3H3/t14?,16-/m1/s1. The number of ether oxygens (including phenoxy) is 1. The molecule has 0 saturated carbocycles. The lowest BCUT2D eigenvalue weighted by atomic mass is 10.0.